The quantitative estimate of drug-likeness (QED) is 0.123. The first-order valence-corrected chi connectivity index (χ1v) is 11.9. The largest absolute Gasteiger partial charge is 0.487 e. The molecule has 0 atom stereocenters. The molecule has 172 valence electrons. The van der Waals surface area contributed by atoms with Crippen LogP contribution in [0.3, 0.4) is 0 Å². The number of hydrogen-bond acceptors (Lipinski definition) is 6. The number of non-ortho nitro benzene ring substituents is 1. The molecule has 0 fully saturated rings. The molecule has 1 aliphatic heterocycles. The standard InChI is InChI=1S/C23H12Br2Cl2N2O5/c24-17-7-13(8-18(25)21(17)33-11-12-1-4-15(5-2-12)29(31)32)9-20-23(30)34-22(28-20)16-6-3-14(26)10-19(16)27/h1-10H,11H2/b20-9-. The zero-order valence-electron chi connectivity index (χ0n) is 16.9. The first-order chi connectivity index (χ1) is 16.2. The van der Waals surface area contributed by atoms with E-state index in [0.717, 1.165) is 5.56 Å². The molecular formula is C23H12Br2Cl2N2O5. The van der Waals surface area contributed by atoms with E-state index in [2.05, 4.69) is 36.9 Å². The highest BCUT2D eigenvalue weighted by molar-refractivity contribution is 9.11. The summed E-state index contributed by atoms with van der Waals surface area (Å²) < 4.78 is 12.4. The van der Waals surface area contributed by atoms with E-state index in [4.69, 9.17) is 32.7 Å². The minimum absolute atomic E-state index is 0.0121. The van der Waals surface area contributed by atoms with E-state index in [1.165, 1.54) is 12.1 Å². The Balaban J connectivity index is 1.53. The van der Waals surface area contributed by atoms with Gasteiger partial charge in [0, 0.05) is 17.2 Å². The molecule has 0 radical (unpaired) electrons. The van der Waals surface area contributed by atoms with Crippen LogP contribution in [-0.2, 0) is 16.1 Å². The number of nitrogens with zero attached hydrogens (tertiary/aromatic N) is 2. The normalized spacial score (nSPS) is 14.2. The molecule has 7 nitrogen and oxygen atoms in total. The van der Waals surface area contributed by atoms with Crippen molar-refractivity contribution in [2.75, 3.05) is 0 Å². The van der Waals surface area contributed by atoms with Gasteiger partial charge in [-0.2, -0.15) is 0 Å². The number of nitro benzene ring substituents is 1. The van der Waals surface area contributed by atoms with Crippen molar-refractivity contribution in [2.45, 2.75) is 6.61 Å². The van der Waals surface area contributed by atoms with Crippen LogP contribution in [-0.4, -0.2) is 16.8 Å². The van der Waals surface area contributed by atoms with E-state index in [1.54, 1.807) is 48.5 Å². The maximum atomic E-state index is 12.3. The third-order valence-corrected chi connectivity index (χ3v) is 6.36. The fourth-order valence-electron chi connectivity index (χ4n) is 3.02. The van der Waals surface area contributed by atoms with Gasteiger partial charge >= 0.3 is 5.97 Å². The second-order valence-electron chi connectivity index (χ2n) is 6.99. The van der Waals surface area contributed by atoms with E-state index in [9.17, 15) is 14.9 Å². The summed E-state index contributed by atoms with van der Waals surface area (Å²) in [4.78, 5) is 26.9. The molecule has 3 aromatic carbocycles. The first-order valence-electron chi connectivity index (χ1n) is 9.54. The van der Waals surface area contributed by atoms with Gasteiger partial charge in [-0.1, -0.05) is 23.2 Å². The van der Waals surface area contributed by atoms with Crippen LogP contribution in [0.1, 0.15) is 16.7 Å². The molecule has 1 aliphatic rings. The van der Waals surface area contributed by atoms with Crippen LogP contribution in [0.25, 0.3) is 6.08 Å². The monoisotopic (exact) mass is 624 g/mol. The fourth-order valence-corrected chi connectivity index (χ4v) is 4.96. The van der Waals surface area contributed by atoms with Gasteiger partial charge in [-0.25, -0.2) is 9.79 Å². The molecule has 0 unspecified atom stereocenters. The molecule has 0 saturated carbocycles. The van der Waals surface area contributed by atoms with Crippen LogP contribution in [0.15, 0.2) is 74.2 Å². The lowest BCUT2D eigenvalue weighted by Crippen LogP contribution is -2.05. The summed E-state index contributed by atoms with van der Waals surface area (Å²) >= 11 is 19.1. The topological polar surface area (TPSA) is 91.0 Å². The van der Waals surface area contributed by atoms with Crippen molar-refractivity contribution in [3.63, 3.8) is 0 Å². The number of aliphatic imine (C=N–C) groups is 1. The highest BCUT2D eigenvalue weighted by Crippen LogP contribution is 2.36. The molecule has 0 aromatic heterocycles. The maximum Gasteiger partial charge on any atom is 0.363 e. The fraction of sp³-hybridized carbons (Fsp3) is 0.0435. The number of hydrogen-bond donors (Lipinski definition) is 0. The molecular weight excluding hydrogens is 615 g/mol. The molecule has 4 rings (SSSR count). The molecule has 0 amide bonds. The van der Waals surface area contributed by atoms with Gasteiger partial charge in [0.15, 0.2) is 5.70 Å². The SMILES string of the molecule is O=C1OC(c2ccc(Cl)cc2Cl)=N/C1=C\c1cc(Br)c(OCc2ccc([N+](=O)[O-])cc2)c(Br)c1. The Morgan fingerprint density at radius 3 is 2.35 bits per heavy atom. The Morgan fingerprint density at radius 2 is 1.74 bits per heavy atom. The van der Waals surface area contributed by atoms with E-state index in [0.29, 0.717) is 35.9 Å². The highest BCUT2D eigenvalue weighted by Gasteiger charge is 2.26. The van der Waals surface area contributed by atoms with Crippen LogP contribution in [0.4, 0.5) is 5.69 Å². The van der Waals surface area contributed by atoms with Crippen molar-refractivity contribution in [1.82, 2.24) is 0 Å². The van der Waals surface area contributed by atoms with Gasteiger partial charge in [-0.3, -0.25) is 10.1 Å². The molecule has 0 aliphatic carbocycles. The number of carbonyl (C=O) groups excluding carboxylic acids is 1. The van der Waals surface area contributed by atoms with Gasteiger partial charge in [0.05, 0.1) is 24.5 Å². The third-order valence-electron chi connectivity index (χ3n) is 4.64. The highest BCUT2D eigenvalue weighted by atomic mass is 79.9. The number of nitro groups is 1. The average molecular weight is 627 g/mol. The minimum Gasteiger partial charge on any atom is -0.487 e. The molecule has 11 heteroatoms. The van der Waals surface area contributed by atoms with Gasteiger partial charge in [-0.05, 0) is 91.5 Å². The molecule has 3 aromatic rings. The van der Waals surface area contributed by atoms with Crippen molar-refractivity contribution in [1.29, 1.82) is 0 Å². The second kappa shape index (κ2) is 10.3. The Bertz CT molecular complexity index is 1350. The minimum atomic E-state index is -0.605. The summed E-state index contributed by atoms with van der Waals surface area (Å²) in [6, 6.07) is 14.4. The Morgan fingerprint density at radius 1 is 1.06 bits per heavy atom. The van der Waals surface area contributed by atoms with Gasteiger partial charge in [0.25, 0.3) is 5.69 Å². The molecule has 0 N–H and O–H groups in total. The molecule has 0 saturated heterocycles. The molecule has 34 heavy (non-hydrogen) atoms. The zero-order chi connectivity index (χ0) is 24.4. The number of rotatable bonds is 6. The number of benzene rings is 3. The Kier molecular flexibility index (Phi) is 7.37. The van der Waals surface area contributed by atoms with E-state index in [-0.39, 0.29) is 23.9 Å². The van der Waals surface area contributed by atoms with Crippen LogP contribution >= 0.6 is 55.1 Å². The summed E-state index contributed by atoms with van der Waals surface area (Å²) in [7, 11) is 0. The Labute approximate surface area is 220 Å². The van der Waals surface area contributed by atoms with Crippen molar-refractivity contribution < 1.29 is 19.2 Å². The summed E-state index contributed by atoms with van der Waals surface area (Å²) in [5.74, 6) is 0.0255. The van der Waals surface area contributed by atoms with Crippen molar-refractivity contribution in [3.8, 4) is 5.75 Å². The van der Waals surface area contributed by atoms with E-state index < -0.39 is 10.9 Å². The Hall–Kier alpha value is -2.72. The number of esters is 1. The third kappa shape index (κ3) is 5.50. The number of carbonyl (C=O) groups is 1. The second-order valence-corrected chi connectivity index (χ2v) is 9.54. The van der Waals surface area contributed by atoms with Crippen molar-refractivity contribution >= 4 is 78.7 Å². The summed E-state index contributed by atoms with van der Waals surface area (Å²) in [5, 5.41) is 11.6. The first kappa shape index (κ1) is 24.4. The zero-order valence-corrected chi connectivity index (χ0v) is 21.6. The molecule has 1 heterocycles. The average Bonchev–Trinajstić information content (AvgIpc) is 3.13. The van der Waals surface area contributed by atoms with Gasteiger partial charge < -0.3 is 9.47 Å². The van der Waals surface area contributed by atoms with E-state index in [1.807, 2.05) is 0 Å². The summed E-state index contributed by atoms with van der Waals surface area (Å²) in [6.45, 7) is 0.206. The van der Waals surface area contributed by atoms with Crippen LogP contribution in [0.2, 0.25) is 10.0 Å². The van der Waals surface area contributed by atoms with Gasteiger partial charge in [-0.15, -0.1) is 0 Å². The van der Waals surface area contributed by atoms with Gasteiger partial charge in [0.2, 0.25) is 5.90 Å². The maximum absolute atomic E-state index is 12.3. The molecule has 0 bridgehead atoms. The lowest BCUT2D eigenvalue weighted by Gasteiger charge is -2.11. The van der Waals surface area contributed by atoms with Gasteiger partial charge in [0.1, 0.15) is 12.4 Å². The smallest absolute Gasteiger partial charge is 0.363 e. The number of halogens is 4. The number of ether oxygens (including phenoxy) is 2. The molecule has 0 spiro atoms. The van der Waals surface area contributed by atoms with Crippen LogP contribution in [0.5, 0.6) is 5.75 Å². The van der Waals surface area contributed by atoms with Crippen LogP contribution < -0.4 is 4.74 Å². The van der Waals surface area contributed by atoms with E-state index >= 15 is 0 Å². The van der Waals surface area contributed by atoms with Crippen molar-refractivity contribution in [3.05, 3.63) is 106 Å². The van der Waals surface area contributed by atoms with Crippen LogP contribution in [0, 0.1) is 10.1 Å². The number of cyclic esters (lactones) is 1. The summed E-state index contributed by atoms with van der Waals surface area (Å²) in [6.07, 6.45) is 1.58. The van der Waals surface area contributed by atoms with Crippen molar-refractivity contribution in [2.24, 2.45) is 4.99 Å². The predicted octanol–water partition coefficient (Wildman–Crippen LogP) is 7.35. The lowest BCUT2D eigenvalue weighted by molar-refractivity contribution is -0.384. The lowest BCUT2D eigenvalue weighted by atomic mass is 10.2. The summed E-state index contributed by atoms with van der Waals surface area (Å²) in [5.41, 5.74) is 2.02. The predicted molar refractivity (Wildman–Crippen MR) is 136 cm³/mol.